The molecular weight excluding hydrogens is 436 g/mol. The Kier molecular flexibility index (Phi) is 5.19. The Balaban J connectivity index is 1.41. The SMILES string of the molecule is CN1CC[C@@](O)(c2cc(-c3cccc(-c4ccnc(Nc5cncc(C#N)c5)n4)n3)no2)C1=O. The highest BCUT2D eigenvalue weighted by Crippen LogP contribution is 2.34. The van der Waals surface area contributed by atoms with E-state index in [1.807, 2.05) is 6.07 Å². The van der Waals surface area contributed by atoms with Crippen molar-refractivity contribution < 1.29 is 14.4 Å². The van der Waals surface area contributed by atoms with Crippen molar-refractivity contribution in [2.45, 2.75) is 12.0 Å². The predicted molar refractivity (Wildman–Crippen MR) is 119 cm³/mol. The first-order chi connectivity index (χ1) is 16.5. The summed E-state index contributed by atoms with van der Waals surface area (Å²) in [6.45, 7) is 0.431. The van der Waals surface area contributed by atoms with E-state index in [-0.39, 0.29) is 12.2 Å². The maximum atomic E-state index is 12.3. The van der Waals surface area contributed by atoms with Crippen LogP contribution in [0.5, 0.6) is 0 Å². The van der Waals surface area contributed by atoms with Crippen LogP contribution in [0.3, 0.4) is 0 Å². The Labute approximate surface area is 193 Å². The van der Waals surface area contributed by atoms with Gasteiger partial charge in [-0.15, -0.1) is 0 Å². The standard InChI is InChI=1S/C23H18N8O3/c1-31-8-6-23(33,21(31)32)20-10-19(30-34-20)17-4-2-3-16(28-17)18-5-7-26-22(29-18)27-15-9-14(11-24)12-25-13-15/h2-5,7,9-10,12-13,33H,6,8H2,1H3,(H,26,27,29)/t23-/m1/s1. The summed E-state index contributed by atoms with van der Waals surface area (Å²) >= 11 is 0. The minimum Gasteiger partial charge on any atom is -0.373 e. The lowest BCUT2D eigenvalue weighted by molar-refractivity contribution is -0.144. The number of amides is 1. The Bertz CT molecular complexity index is 1430. The molecule has 1 saturated heterocycles. The normalized spacial score (nSPS) is 17.6. The second kappa shape index (κ2) is 8.34. The van der Waals surface area contributed by atoms with Gasteiger partial charge in [0.05, 0.1) is 34.5 Å². The summed E-state index contributed by atoms with van der Waals surface area (Å²) in [6, 6.07) is 12.3. The minimum absolute atomic E-state index is 0.0887. The van der Waals surface area contributed by atoms with Crippen molar-refractivity contribution in [3.05, 3.63) is 66.3 Å². The Morgan fingerprint density at radius 1 is 1.15 bits per heavy atom. The van der Waals surface area contributed by atoms with Crippen molar-refractivity contribution in [3.8, 4) is 28.8 Å². The van der Waals surface area contributed by atoms with Crippen molar-refractivity contribution in [1.29, 1.82) is 5.26 Å². The van der Waals surface area contributed by atoms with E-state index in [0.717, 1.165) is 0 Å². The quantitative estimate of drug-likeness (QED) is 0.459. The molecule has 1 atom stereocenters. The summed E-state index contributed by atoms with van der Waals surface area (Å²) in [4.78, 5) is 31.1. The molecule has 0 unspecified atom stereocenters. The molecule has 0 aliphatic carbocycles. The second-order valence-electron chi connectivity index (χ2n) is 7.79. The molecule has 1 aliphatic heterocycles. The first-order valence-electron chi connectivity index (χ1n) is 10.3. The molecule has 5 heterocycles. The molecule has 0 radical (unpaired) electrons. The number of likely N-dealkylation sites (N-methyl/N-ethyl adjacent to an activating group) is 1. The number of aliphatic hydroxyl groups is 1. The number of anilines is 2. The zero-order chi connectivity index (χ0) is 23.7. The van der Waals surface area contributed by atoms with Crippen LogP contribution in [0.15, 0.2) is 59.5 Å². The van der Waals surface area contributed by atoms with E-state index in [1.54, 1.807) is 49.8 Å². The van der Waals surface area contributed by atoms with Crippen molar-refractivity contribution in [1.82, 2.24) is 30.0 Å². The van der Waals surface area contributed by atoms with Crippen molar-refractivity contribution in [3.63, 3.8) is 0 Å². The fraction of sp³-hybridized carbons (Fsp3) is 0.174. The van der Waals surface area contributed by atoms with Gasteiger partial charge in [-0.1, -0.05) is 11.2 Å². The van der Waals surface area contributed by atoms with E-state index in [0.29, 0.717) is 46.5 Å². The van der Waals surface area contributed by atoms with E-state index in [2.05, 4.69) is 30.4 Å². The summed E-state index contributed by atoms with van der Waals surface area (Å²) in [5, 5.41) is 26.9. The molecule has 168 valence electrons. The van der Waals surface area contributed by atoms with E-state index < -0.39 is 11.5 Å². The van der Waals surface area contributed by atoms with E-state index >= 15 is 0 Å². The summed E-state index contributed by atoms with van der Waals surface area (Å²) in [5.41, 5.74) is 1.28. The molecule has 11 heteroatoms. The number of nitriles is 1. The highest BCUT2D eigenvalue weighted by Gasteiger charge is 2.48. The first-order valence-corrected chi connectivity index (χ1v) is 10.3. The van der Waals surface area contributed by atoms with Crippen LogP contribution in [0.2, 0.25) is 0 Å². The lowest BCUT2D eigenvalue weighted by Gasteiger charge is -2.16. The number of pyridine rings is 2. The van der Waals surface area contributed by atoms with Crippen LogP contribution < -0.4 is 5.32 Å². The zero-order valence-electron chi connectivity index (χ0n) is 18.0. The van der Waals surface area contributed by atoms with E-state index in [4.69, 9.17) is 9.78 Å². The summed E-state index contributed by atoms with van der Waals surface area (Å²) in [5.74, 6) is -0.0179. The monoisotopic (exact) mass is 454 g/mol. The van der Waals surface area contributed by atoms with Crippen LogP contribution >= 0.6 is 0 Å². The minimum atomic E-state index is -1.72. The van der Waals surface area contributed by atoms with Crippen molar-refractivity contribution >= 4 is 17.5 Å². The van der Waals surface area contributed by atoms with Crippen LogP contribution in [0.25, 0.3) is 22.8 Å². The molecule has 0 spiro atoms. The molecule has 4 aromatic rings. The smallest absolute Gasteiger partial charge is 0.262 e. The fourth-order valence-corrected chi connectivity index (χ4v) is 3.65. The summed E-state index contributed by atoms with van der Waals surface area (Å²) in [7, 11) is 1.63. The first kappa shape index (κ1) is 21.2. The van der Waals surface area contributed by atoms with Crippen LogP contribution in [-0.4, -0.2) is 54.6 Å². The van der Waals surface area contributed by atoms with Crippen molar-refractivity contribution in [2.24, 2.45) is 0 Å². The largest absolute Gasteiger partial charge is 0.373 e. The number of likely N-dealkylation sites (tertiary alicyclic amines) is 1. The van der Waals surface area contributed by atoms with Crippen LogP contribution in [0.1, 0.15) is 17.7 Å². The number of nitrogens with one attached hydrogen (secondary N) is 1. The molecule has 4 aromatic heterocycles. The lowest BCUT2D eigenvalue weighted by Crippen LogP contribution is -2.35. The van der Waals surface area contributed by atoms with Gasteiger partial charge in [-0.05, 0) is 24.3 Å². The van der Waals surface area contributed by atoms with Crippen molar-refractivity contribution in [2.75, 3.05) is 18.9 Å². The van der Waals surface area contributed by atoms with Gasteiger partial charge in [-0.3, -0.25) is 9.78 Å². The number of carbonyl (C=O) groups is 1. The number of hydrogen-bond acceptors (Lipinski definition) is 10. The van der Waals surface area contributed by atoms with Gasteiger partial charge < -0.3 is 19.8 Å². The molecule has 1 fully saturated rings. The third-order valence-corrected chi connectivity index (χ3v) is 5.48. The van der Waals surface area contributed by atoms with Gasteiger partial charge >= 0.3 is 0 Å². The topological polar surface area (TPSA) is 154 Å². The van der Waals surface area contributed by atoms with Gasteiger partial charge in [0.1, 0.15) is 11.8 Å². The highest BCUT2D eigenvalue weighted by atomic mass is 16.5. The van der Waals surface area contributed by atoms with Gasteiger partial charge in [0, 0.05) is 38.5 Å². The average Bonchev–Trinajstić information content (AvgIpc) is 3.47. The third-order valence-electron chi connectivity index (χ3n) is 5.48. The molecule has 0 aromatic carbocycles. The second-order valence-corrected chi connectivity index (χ2v) is 7.79. The van der Waals surface area contributed by atoms with Gasteiger partial charge in [0.15, 0.2) is 5.76 Å². The molecular formula is C23H18N8O3. The van der Waals surface area contributed by atoms with Gasteiger partial charge in [0.25, 0.3) is 5.91 Å². The number of nitrogens with zero attached hydrogens (tertiary/aromatic N) is 7. The average molecular weight is 454 g/mol. The molecule has 34 heavy (non-hydrogen) atoms. The molecule has 5 rings (SSSR count). The number of hydrogen-bond donors (Lipinski definition) is 2. The lowest BCUT2D eigenvalue weighted by atomic mass is 9.98. The Morgan fingerprint density at radius 3 is 2.71 bits per heavy atom. The maximum Gasteiger partial charge on any atom is 0.262 e. The molecule has 11 nitrogen and oxygen atoms in total. The molecule has 0 saturated carbocycles. The Morgan fingerprint density at radius 2 is 1.94 bits per heavy atom. The van der Waals surface area contributed by atoms with Crippen LogP contribution in [-0.2, 0) is 10.4 Å². The highest BCUT2D eigenvalue weighted by molar-refractivity contribution is 5.87. The zero-order valence-corrected chi connectivity index (χ0v) is 18.0. The third kappa shape index (κ3) is 3.82. The Hall–Kier alpha value is -4.69. The predicted octanol–water partition coefficient (Wildman–Crippen LogP) is 2.25. The number of carbonyl (C=O) groups excluding carboxylic acids is 1. The summed E-state index contributed by atoms with van der Waals surface area (Å²) < 4.78 is 5.32. The van der Waals surface area contributed by atoms with Crippen LogP contribution in [0, 0.1) is 11.3 Å². The number of rotatable bonds is 5. The van der Waals surface area contributed by atoms with Gasteiger partial charge in [-0.25, -0.2) is 15.0 Å². The maximum absolute atomic E-state index is 12.3. The molecule has 1 amide bonds. The van der Waals surface area contributed by atoms with Gasteiger partial charge in [0.2, 0.25) is 11.5 Å². The fourth-order valence-electron chi connectivity index (χ4n) is 3.65. The molecule has 1 aliphatic rings. The summed E-state index contributed by atoms with van der Waals surface area (Å²) in [6.07, 6.45) is 4.85. The van der Waals surface area contributed by atoms with E-state index in [9.17, 15) is 9.90 Å². The molecule has 0 bridgehead atoms. The number of aromatic nitrogens is 5. The van der Waals surface area contributed by atoms with E-state index in [1.165, 1.54) is 17.2 Å². The van der Waals surface area contributed by atoms with Gasteiger partial charge in [-0.2, -0.15) is 5.26 Å². The van der Waals surface area contributed by atoms with Crippen LogP contribution in [0.4, 0.5) is 11.6 Å². The molecule has 2 N–H and O–H groups in total.